The van der Waals surface area contributed by atoms with Gasteiger partial charge in [0.2, 0.25) is 0 Å². The minimum absolute atomic E-state index is 0.0458. The average Bonchev–Trinajstić information content (AvgIpc) is 4.18. The smallest absolute Gasteiger partial charge is 0.369 e. The number of hydrogen-bond donors (Lipinski definition) is 2. The molecule has 2 fully saturated rings. The maximum Gasteiger partial charge on any atom is 0.444 e. The number of piperazine rings is 2. The number of para-hydroxylation sites is 2. The number of hydroxylamine groups is 4. The fourth-order valence-corrected chi connectivity index (χ4v) is 10.5. The lowest BCUT2D eigenvalue weighted by Gasteiger charge is -2.36. The van der Waals surface area contributed by atoms with Gasteiger partial charge in [0.1, 0.15) is 13.1 Å². The normalized spacial score (nSPS) is 18.5. The molecular formula is C52H60N10O6. The molecule has 16 nitrogen and oxygen atoms in total. The van der Waals surface area contributed by atoms with Gasteiger partial charge in [0, 0.05) is 148 Å². The summed E-state index contributed by atoms with van der Waals surface area (Å²) < 4.78 is 0. The van der Waals surface area contributed by atoms with Crippen molar-refractivity contribution in [2.24, 2.45) is 0 Å². The van der Waals surface area contributed by atoms with Gasteiger partial charge in [-0.3, -0.25) is 19.4 Å². The molecule has 354 valence electrons. The van der Waals surface area contributed by atoms with Crippen LogP contribution in [0.5, 0.6) is 0 Å². The number of H-pyrrole nitrogens is 2. The summed E-state index contributed by atoms with van der Waals surface area (Å²) >= 11 is 0. The minimum Gasteiger partial charge on any atom is -0.369 e. The van der Waals surface area contributed by atoms with Crippen molar-refractivity contribution < 1.29 is 28.9 Å². The summed E-state index contributed by atoms with van der Waals surface area (Å²) in [5.41, 5.74) is 9.12. The van der Waals surface area contributed by atoms with Gasteiger partial charge in [-0.15, -0.1) is 0 Å². The molecule has 4 aliphatic rings. The second-order valence-corrected chi connectivity index (χ2v) is 18.5. The Morgan fingerprint density at radius 2 is 0.956 bits per heavy atom. The Bertz CT molecular complexity index is 2590. The molecule has 0 radical (unpaired) electrons. The van der Waals surface area contributed by atoms with E-state index >= 15 is 0 Å². The van der Waals surface area contributed by atoms with Crippen LogP contribution in [0.2, 0.25) is 0 Å². The monoisotopic (exact) mass is 920 g/mol. The highest BCUT2D eigenvalue weighted by Gasteiger charge is 2.34. The van der Waals surface area contributed by atoms with Gasteiger partial charge in [-0.1, -0.05) is 36.4 Å². The third kappa shape index (κ3) is 9.69. The van der Waals surface area contributed by atoms with Crippen molar-refractivity contribution in [3.05, 3.63) is 121 Å². The molecule has 0 unspecified atom stereocenters. The predicted octanol–water partition coefficient (Wildman–Crippen LogP) is 5.41. The molecule has 0 spiro atoms. The molecule has 4 aliphatic heterocycles. The highest BCUT2D eigenvalue weighted by molar-refractivity contribution is 6.29. The first-order valence-corrected chi connectivity index (χ1v) is 23.9. The van der Waals surface area contributed by atoms with Crippen LogP contribution in [0.3, 0.4) is 0 Å². The number of aromatic nitrogens is 2. The lowest BCUT2D eigenvalue weighted by Crippen LogP contribution is -2.47. The Morgan fingerprint density at radius 3 is 1.38 bits per heavy atom. The van der Waals surface area contributed by atoms with Crippen LogP contribution in [0.4, 0.5) is 22.7 Å². The average molecular weight is 921 g/mol. The van der Waals surface area contributed by atoms with Crippen molar-refractivity contribution >= 4 is 68.3 Å². The number of carbonyl (C=O) groups excluding carboxylic acids is 4. The molecular weight excluding hydrogens is 861 g/mol. The fraction of sp³-hybridized carbons (Fsp3) is 0.385. The first-order chi connectivity index (χ1) is 33.1. The molecule has 2 aromatic heterocycles. The number of rotatable bonds is 12. The highest BCUT2D eigenvalue weighted by atomic mass is 16.8. The van der Waals surface area contributed by atoms with E-state index in [-0.39, 0.29) is 24.9 Å². The lowest BCUT2D eigenvalue weighted by atomic mass is 9.97. The number of nitrogens with one attached hydrogen (secondary N) is 2. The Kier molecular flexibility index (Phi) is 12.9. The van der Waals surface area contributed by atoms with E-state index in [0.29, 0.717) is 13.1 Å². The van der Waals surface area contributed by atoms with Crippen LogP contribution in [0.15, 0.2) is 109 Å². The molecule has 68 heavy (non-hydrogen) atoms. The van der Waals surface area contributed by atoms with Gasteiger partial charge in [0.05, 0.1) is 0 Å². The summed E-state index contributed by atoms with van der Waals surface area (Å²) in [6.45, 7) is 10.9. The minimum atomic E-state index is -1.40. The van der Waals surface area contributed by atoms with E-state index in [2.05, 4.69) is 90.2 Å². The standard InChI is InChI=1S/C52H60N10O6/c1-55(49(63)35-61-33-39(43-7-3-5-9-47(43)61)17-21-57-23-27-59(28-24-57)41-11-13-45-37(31-41)15-19-53-45)67-51(65)52(66)68-56(2)50(64)36-62-34-40(44-8-4-6-10-48(44)62)18-22-58-25-29-60(30-26-58)42-12-14-46-38(32-42)16-20-54-46/h3-16,19-20,31-32,39-40,53-54H,17-18,21-30,33-36H2,1-2H3/t39-,40-/m1/s1. The number of aromatic amines is 2. The molecule has 2 saturated heterocycles. The summed E-state index contributed by atoms with van der Waals surface area (Å²) in [5, 5.41) is 3.97. The Balaban J connectivity index is 0.653. The van der Waals surface area contributed by atoms with Crippen molar-refractivity contribution in [3.8, 4) is 0 Å². The van der Waals surface area contributed by atoms with Crippen LogP contribution in [0, 0.1) is 0 Å². The van der Waals surface area contributed by atoms with Crippen molar-refractivity contribution in [1.29, 1.82) is 0 Å². The quantitative estimate of drug-likeness (QED) is 0.120. The van der Waals surface area contributed by atoms with Crippen LogP contribution >= 0.6 is 0 Å². The molecule has 6 aromatic rings. The summed E-state index contributed by atoms with van der Waals surface area (Å²) in [6, 6.07) is 33.6. The van der Waals surface area contributed by atoms with Crippen LogP contribution in [-0.2, 0) is 28.9 Å². The molecule has 2 N–H and O–H groups in total. The number of hydrogen-bond acceptors (Lipinski definition) is 12. The highest BCUT2D eigenvalue weighted by Crippen LogP contribution is 2.39. The first-order valence-electron chi connectivity index (χ1n) is 23.9. The van der Waals surface area contributed by atoms with Gasteiger partial charge in [-0.2, -0.15) is 10.1 Å². The van der Waals surface area contributed by atoms with E-state index in [0.717, 1.165) is 111 Å². The summed E-state index contributed by atoms with van der Waals surface area (Å²) in [5.74, 6) is -3.36. The Hall–Kier alpha value is -7.04. The molecule has 6 heterocycles. The zero-order valence-electron chi connectivity index (χ0n) is 38.9. The maximum atomic E-state index is 13.4. The van der Waals surface area contributed by atoms with Crippen molar-refractivity contribution in [3.63, 3.8) is 0 Å². The zero-order chi connectivity index (χ0) is 46.7. The number of anilines is 4. The van der Waals surface area contributed by atoms with E-state index in [1.54, 1.807) is 0 Å². The second-order valence-electron chi connectivity index (χ2n) is 18.5. The number of carbonyl (C=O) groups is 4. The number of fused-ring (bicyclic) bond motifs is 4. The van der Waals surface area contributed by atoms with Crippen LogP contribution < -0.4 is 19.6 Å². The topological polar surface area (TPSA) is 144 Å². The van der Waals surface area contributed by atoms with Gasteiger partial charge in [0.15, 0.2) is 0 Å². The predicted molar refractivity (Wildman–Crippen MR) is 264 cm³/mol. The van der Waals surface area contributed by atoms with Crippen LogP contribution in [0.25, 0.3) is 21.8 Å². The molecule has 16 heteroatoms. The third-order valence-electron chi connectivity index (χ3n) is 14.4. The van der Waals surface area contributed by atoms with Gasteiger partial charge in [-0.25, -0.2) is 9.59 Å². The van der Waals surface area contributed by atoms with Gasteiger partial charge in [0.25, 0.3) is 11.8 Å². The van der Waals surface area contributed by atoms with E-state index in [4.69, 9.17) is 9.68 Å². The van der Waals surface area contributed by atoms with E-state index in [9.17, 15) is 19.2 Å². The molecule has 0 aliphatic carbocycles. The number of amides is 2. The molecule has 2 amide bonds. The lowest BCUT2D eigenvalue weighted by molar-refractivity contribution is -0.213. The maximum absolute atomic E-state index is 13.4. The number of benzene rings is 4. The molecule has 4 aromatic carbocycles. The largest absolute Gasteiger partial charge is 0.444 e. The molecule has 10 rings (SSSR count). The van der Waals surface area contributed by atoms with Crippen molar-refractivity contribution in [2.45, 2.75) is 24.7 Å². The van der Waals surface area contributed by atoms with E-state index in [1.165, 1.54) is 47.4 Å². The van der Waals surface area contributed by atoms with Gasteiger partial charge in [-0.05, 0) is 97.7 Å². The zero-order valence-corrected chi connectivity index (χ0v) is 38.9. The van der Waals surface area contributed by atoms with Crippen molar-refractivity contribution in [2.75, 3.05) is 125 Å². The molecule has 0 bridgehead atoms. The second kappa shape index (κ2) is 19.7. The van der Waals surface area contributed by atoms with E-state index < -0.39 is 23.8 Å². The summed E-state index contributed by atoms with van der Waals surface area (Å²) in [7, 11) is 2.59. The number of likely N-dealkylation sites (N-methyl/N-ethyl adjacent to an activating group) is 2. The fourth-order valence-electron chi connectivity index (χ4n) is 10.5. The first kappa shape index (κ1) is 44.8. The van der Waals surface area contributed by atoms with Crippen LogP contribution in [-0.4, -0.2) is 159 Å². The third-order valence-corrected chi connectivity index (χ3v) is 14.4. The molecule has 2 atom stereocenters. The van der Waals surface area contributed by atoms with Crippen LogP contribution in [0.1, 0.15) is 35.8 Å². The van der Waals surface area contributed by atoms with E-state index in [1.807, 2.05) is 58.6 Å². The molecule has 0 saturated carbocycles. The Morgan fingerprint density at radius 1 is 0.544 bits per heavy atom. The van der Waals surface area contributed by atoms with Crippen molar-refractivity contribution in [1.82, 2.24) is 29.9 Å². The number of nitrogens with zero attached hydrogens (tertiary/aromatic N) is 8. The summed E-state index contributed by atoms with van der Waals surface area (Å²) in [4.78, 5) is 83.4. The summed E-state index contributed by atoms with van der Waals surface area (Å²) in [6.07, 6.45) is 5.83. The van der Waals surface area contributed by atoms with Gasteiger partial charge >= 0.3 is 11.9 Å². The Labute approximate surface area is 396 Å². The SMILES string of the molecule is CN(OC(=O)C(=O)ON(C)C(=O)CN1C[C@@H](CCN2CCN(c3ccc4[nH]ccc4c3)CC2)c2ccccc21)C(=O)CN1C[C@@H](CCN2CCN(c3ccc4[nH]ccc4c3)CC2)c2ccccc21. The van der Waals surface area contributed by atoms with Gasteiger partial charge < -0.3 is 39.2 Å².